The lowest BCUT2D eigenvalue weighted by Gasteiger charge is -2.24. The molecule has 0 aromatic carbocycles. The van der Waals surface area contributed by atoms with Crippen LogP contribution in [0.15, 0.2) is 0 Å². The molecule has 1 aliphatic carbocycles. The molecule has 1 N–H and O–H groups in total. The van der Waals surface area contributed by atoms with E-state index in [0.29, 0.717) is 6.04 Å². The van der Waals surface area contributed by atoms with Crippen LogP contribution in [0.4, 0.5) is 0 Å². The average Bonchev–Trinajstić information content (AvgIpc) is 2.69. The molecule has 2 heteroatoms. The Morgan fingerprint density at radius 3 is 2.38 bits per heavy atom. The second-order valence-electron chi connectivity index (χ2n) is 6.04. The Bertz CT molecular complexity index is 180. The molecule has 0 bridgehead atoms. The first kappa shape index (κ1) is 14.0. The number of hydrogen-bond donors (Lipinski definition) is 1. The van der Waals surface area contributed by atoms with E-state index < -0.39 is 0 Å². The molecule has 0 aromatic heterocycles. The predicted octanol–water partition coefficient (Wildman–Crippen LogP) is 3.36. The summed E-state index contributed by atoms with van der Waals surface area (Å²) in [6.07, 6.45) is 8.15. The summed E-state index contributed by atoms with van der Waals surface area (Å²) in [5.41, 5.74) is 0.0164. The van der Waals surface area contributed by atoms with Crippen LogP contribution in [0.1, 0.15) is 59.3 Å². The third-order valence-electron chi connectivity index (χ3n) is 3.53. The molecule has 1 fully saturated rings. The molecule has 2 nitrogen and oxygen atoms in total. The zero-order valence-corrected chi connectivity index (χ0v) is 11.5. The minimum atomic E-state index is 0.0164. The van der Waals surface area contributed by atoms with E-state index in [1.807, 2.05) is 0 Å². The molecule has 0 radical (unpaired) electrons. The minimum Gasteiger partial charge on any atom is -0.376 e. The van der Waals surface area contributed by atoms with Crippen LogP contribution >= 0.6 is 0 Å². The molecule has 0 aromatic rings. The topological polar surface area (TPSA) is 21.3 Å². The minimum absolute atomic E-state index is 0.0164. The SMILES string of the molecule is CNC(CCCOC(C)(C)C)C1CCCC1. The molecule has 0 amide bonds. The highest BCUT2D eigenvalue weighted by Crippen LogP contribution is 2.29. The summed E-state index contributed by atoms with van der Waals surface area (Å²) in [4.78, 5) is 0. The Balaban J connectivity index is 2.14. The molecule has 0 heterocycles. The van der Waals surface area contributed by atoms with Crippen molar-refractivity contribution in [3.8, 4) is 0 Å². The van der Waals surface area contributed by atoms with Crippen molar-refractivity contribution in [1.82, 2.24) is 5.32 Å². The van der Waals surface area contributed by atoms with Gasteiger partial charge in [0, 0.05) is 12.6 Å². The highest BCUT2D eigenvalue weighted by atomic mass is 16.5. The first-order valence-corrected chi connectivity index (χ1v) is 6.84. The van der Waals surface area contributed by atoms with Crippen molar-refractivity contribution in [3.05, 3.63) is 0 Å². The molecule has 0 spiro atoms. The maximum atomic E-state index is 5.76. The first-order valence-electron chi connectivity index (χ1n) is 6.84. The van der Waals surface area contributed by atoms with Gasteiger partial charge in [0.15, 0.2) is 0 Å². The molecule has 96 valence electrons. The van der Waals surface area contributed by atoms with E-state index in [2.05, 4.69) is 33.1 Å². The number of nitrogens with one attached hydrogen (secondary N) is 1. The van der Waals surface area contributed by atoms with Crippen LogP contribution in [-0.4, -0.2) is 25.3 Å². The monoisotopic (exact) mass is 227 g/mol. The number of ether oxygens (including phenoxy) is 1. The van der Waals surface area contributed by atoms with Crippen molar-refractivity contribution in [2.45, 2.75) is 70.9 Å². The third-order valence-corrected chi connectivity index (χ3v) is 3.53. The van der Waals surface area contributed by atoms with Gasteiger partial charge in [0.1, 0.15) is 0 Å². The summed E-state index contributed by atoms with van der Waals surface area (Å²) in [7, 11) is 2.10. The zero-order chi connectivity index (χ0) is 12.0. The molecule has 0 saturated heterocycles. The Labute approximate surface area is 101 Å². The van der Waals surface area contributed by atoms with Crippen LogP contribution < -0.4 is 5.32 Å². The number of rotatable bonds is 6. The van der Waals surface area contributed by atoms with Crippen molar-refractivity contribution >= 4 is 0 Å². The Kier molecular flexibility index (Phi) is 5.77. The summed E-state index contributed by atoms with van der Waals surface area (Å²) in [6, 6.07) is 0.714. The van der Waals surface area contributed by atoms with Crippen LogP contribution in [0.2, 0.25) is 0 Å². The highest BCUT2D eigenvalue weighted by Gasteiger charge is 2.23. The van der Waals surface area contributed by atoms with Crippen LogP contribution in [-0.2, 0) is 4.74 Å². The van der Waals surface area contributed by atoms with E-state index in [1.165, 1.54) is 38.5 Å². The van der Waals surface area contributed by atoms with E-state index in [4.69, 9.17) is 4.74 Å². The van der Waals surface area contributed by atoms with E-state index in [0.717, 1.165) is 12.5 Å². The molecule has 1 aliphatic rings. The van der Waals surface area contributed by atoms with Gasteiger partial charge < -0.3 is 10.1 Å². The van der Waals surface area contributed by atoms with Gasteiger partial charge in [-0.2, -0.15) is 0 Å². The molecule has 1 unspecified atom stereocenters. The van der Waals surface area contributed by atoms with Crippen molar-refractivity contribution in [2.24, 2.45) is 5.92 Å². The van der Waals surface area contributed by atoms with E-state index in [-0.39, 0.29) is 5.60 Å². The summed E-state index contributed by atoms with van der Waals surface area (Å²) >= 11 is 0. The normalized spacial score (nSPS) is 20.2. The lowest BCUT2D eigenvalue weighted by atomic mass is 9.94. The van der Waals surface area contributed by atoms with Crippen LogP contribution in [0.3, 0.4) is 0 Å². The van der Waals surface area contributed by atoms with Crippen LogP contribution in [0, 0.1) is 5.92 Å². The molecule has 1 saturated carbocycles. The fourth-order valence-corrected chi connectivity index (χ4v) is 2.66. The molecule has 1 rings (SSSR count). The second kappa shape index (κ2) is 6.61. The zero-order valence-electron chi connectivity index (χ0n) is 11.5. The molecule has 16 heavy (non-hydrogen) atoms. The summed E-state index contributed by atoms with van der Waals surface area (Å²) in [5.74, 6) is 0.916. The fourth-order valence-electron chi connectivity index (χ4n) is 2.66. The largest absolute Gasteiger partial charge is 0.376 e. The van der Waals surface area contributed by atoms with Gasteiger partial charge in [0.25, 0.3) is 0 Å². The predicted molar refractivity (Wildman–Crippen MR) is 69.7 cm³/mol. The van der Waals surface area contributed by atoms with Crippen molar-refractivity contribution in [3.63, 3.8) is 0 Å². The van der Waals surface area contributed by atoms with Gasteiger partial charge in [-0.25, -0.2) is 0 Å². The Hall–Kier alpha value is -0.0800. The average molecular weight is 227 g/mol. The van der Waals surface area contributed by atoms with Gasteiger partial charge in [-0.05, 0) is 59.4 Å². The first-order chi connectivity index (χ1) is 7.53. The van der Waals surface area contributed by atoms with E-state index in [1.54, 1.807) is 0 Å². The summed E-state index contributed by atoms with van der Waals surface area (Å²) in [6.45, 7) is 7.27. The van der Waals surface area contributed by atoms with Crippen LogP contribution in [0.5, 0.6) is 0 Å². The standard InChI is InChI=1S/C14H29NO/c1-14(2,3)16-11-7-10-13(15-4)12-8-5-6-9-12/h12-13,15H,5-11H2,1-4H3. The Morgan fingerprint density at radius 1 is 1.25 bits per heavy atom. The quantitative estimate of drug-likeness (QED) is 0.703. The Morgan fingerprint density at radius 2 is 1.88 bits per heavy atom. The van der Waals surface area contributed by atoms with Gasteiger partial charge >= 0.3 is 0 Å². The van der Waals surface area contributed by atoms with Gasteiger partial charge in [-0.3, -0.25) is 0 Å². The smallest absolute Gasteiger partial charge is 0.0598 e. The lowest BCUT2D eigenvalue weighted by molar-refractivity contribution is -0.00582. The van der Waals surface area contributed by atoms with E-state index in [9.17, 15) is 0 Å². The number of hydrogen-bond acceptors (Lipinski definition) is 2. The van der Waals surface area contributed by atoms with Gasteiger partial charge in [-0.1, -0.05) is 12.8 Å². The highest BCUT2D eigenvalue weighted by molar-refractivity contribution is 4.79. The van der Waals surface area contributed by atoms with Crippen molar-refractivity contribution in [2.75, 3.05) is 13.7 Å². The molecule has 0 aliphatic heterocycles. The lowest BCUT2D eigenvalue weighted by Crippen LogP contribution is -2.32. The summed E-state index contributed by atoms with van der Waals surface area (Å²) in [5, 5.41) is 3.49. The summed E-state index contributed by atoms with van der Waals surface area (Å²) < 4.78 is 5.76. The van der Waals surface area contributed by atoms with Crippen molar-refractivity contribution < 1.29 is 4.74 Å². The van der Waals surface area contributed by atoms with Crippen molar-refractivity contribution in [1.29, 1.82) is 0 Å². The van der Waals surface area contributed by atoms with Gasteiger partial charge in [0.05, 0.1) is 5.60 Å². The third kappa shape index (κ3) is 5.31. The van der Waals surface area contributed by atoms with Crippen LogP contribution in [0.25, 0.3) is 0 Å². The molecule has 1 atom stereocenters. The fraction of sp³-hybridized carbons (Fsp3) is 1.00. The van der Waals surface area contributed by atoms with Gasteiger partial charge in [0.2, 0.25) is 0 Å². The maximum Gasteiger partial charge on any atom is 0.0598 e. The van der Waals surface area contributed by atoms with Gasteiger partial charge in [-0.15, -0.1) is 0 Å². The molecular formula is C14H29NO. The maximum absolute atomic E-state index is 5.76. The second-order valence-corrected chi connectivity index (χ2v) is 6.04. The molecular weight excluding hydrogens is 198 g/mol. The van der Waals surface area contributed by atoms with E-state index >= 15 is 0 Å².